The summed E-state index contributed by atoms with van der Waals surface area (Å²) in [5.41, 5.74) is 1.54. The number of H-pyrrole nitrogens is 1. The summed E-state index contributed by atoms with van der Waals surface area (Å²) in [6.45, 7) is 0. The predicted octanol–water partition coefficient (Wildman–Crippen LogP) is 2.70. The first-order valence-electron chi connectivity index (χ1n) is 5.91. The number of ether oxygens (including phenoxy) is 2. The Balaban J connectivity index is 2.48. The third-order valence-corrected chi connectivity index (χ3v) is 3.21. The van der Waals surface area contributed by atoms with Crippen LogP contribution in [-0.4, -0.2) is 19.2 Å². The molecule has 0 amide bonds. The van der Waals surface area contributed by atoms with E-state index in [4.69, 9.17) is 9.47 Å². The SMILES string of the molecule is COc1cc2[nH]c3ccccc3c(=O)c2cc1OC. The Labute approximate surface area is 109 Å². The van der Waals surface area contributed by atoms with Gasteiger partial charge in [-0.25, -0.2) is 0 Å². The molecule has 1 heterocycles. The molecule has 3 aromatic rings. The zero-order valence-electron chi connectivity index (χ0n) is 10.7. The van der Waals surface area contributed by atoms with Gasteiger partial charge in [-0.3, -0.25) is 4.79 Å². The first-order valence-corrected chi connectivity index (χ1v) is 5.91. The molecule has 0 atom stereocenters. The van der Waals surface area contributed by atoms with Crippen molar-refractivity contribution in [3.8, 4) is 11.5 Å². The molecular weight excluding hydrogens is 242 g/mol. The van der Waals surface area contributed by atoms with Gasteiger partial charge in [0.1, 0.15) is 0 Å². The summed E-state index contributed by atoms with van der Waals surface area (Å²) in [4.78, 5) is 15.7. The first kappa shape index (κ1) is 11.6. The molecule has 0 unspecified atom stereocenters. The van der Waals surface area contributed by atoms with Crippen molar-refractivity contribution in [3.05, 3.63) is 46.6 Å². The van der Waals surface area contributed by atoms with E-state index in [2.05, 4.69) is 4.98 Å². The maximum absolute atomic E-state index is 12.4. The van der Waals surface area contributed by atoms with Gasteiger partial charge in [-0.15, -0.1) is 0 Å². The van der Waals surface area contributed by atoms with Gasteiger partial charge < -0.3 is 14.5 Å². The van der Waals surface area contributed by atoms with Crippen LogP contribution in [0.3, 0.4) is 0 Å². The predicted molar refractivity (Wildman–Crippen MR) is 75.2 cm³/mol. The molecule has 0 radical (unpaired) electrons. The number of methoxy groups -OCH3 is 2. The number of benzene rings is 2. The van der Waals surface area contributed by atoms with E-state index in [0.29, 0.717) is 22.3 Å². The molecule has 0 aliphatic heterocycles. The summed E-state index contributed by atoms with van der Waals surface area (Å²) in [5, 5.41) is 1.26. The lowest BCUT2D eigenvalue weighted by Crippen LogP contribution is -2.04. The summed E-state index contributed by atoms with van der Waals surface area (Å²) < 4.78 is 10.5. The van der Waals surface area contributed by atoms with Gasteiger partial charge in [0.25, 0.3) is 0 Å². The zero-order valence-corrected chi connectivity index (χ0v) is 10.7. The number of para-hydroxylation sites is 1. The Morgan fingerprint density at radius 2 is 1.58 bits per heavy atom. The number of hydrogen-bond acceptors (Lipinski definition) is 3. The van der Waals surface area contributed by atoms with Crippen molar-refractivity contribution in [2.75, 3.05) is 14.2 Å². The number of nitrogens with one attached hydrogen (secondary N) is 1. The second kappa shape index (κ2) is 4.31. The third kappa shape index (κ3) is 1.73. The Hall–Kier alpha value is -2.49. The van der Waals surface area contributed by atoms with Gasteiger partial charge in [-0.1, -0.05) is 12.1 Å². The zero-order chi connectivity index (χ0) is 13.4. The topological polar surface area (TPSA) is 51.3 Å². The van der Waals surface area contributed by atoms with Crippen molar-refractivity contribution < 1.29 is 9.47 Å². The second-order valence-corrected chi connectivity index (χ2v) is 4.25. The minimum atomic E-state index is -0.00898. The van der Waals surface area contributed by atoms with Gasteiger partial charge >= 0.3 is 0 Å². The van der Waals surface area contributed by atoms with E-state index in [0.717, 1.165) is 11.0 Å². The molecule has 1 N–H and O–H groups in total. The van der Waals surface area contributed by atoms with Crippen LogP contribution in [0.1, 0.15) is 0 Å². The van der Waals surface area contributed by atoms with E-state index in [1.165, 1.54) is 0 Å². The number of fused-ring (bicyclic) bond motifs is 2. The van der Waals surface area contributed by atoms with Crippen molar-refractivity contribution in [3.63, 3.8) is 0 Å². The molecule has 0 saturated heterocycles. The number of pyridine rings is 1. The molecule has 2 aromatic carbocycles. The van der Waals surface area contributed by atoms with E-state index >= 15 is 0 Å². The van der Waals surface area contributed by atoms with E-state index in [1.807, 2.05) is 24.3 Å². The van der Waals surface area contributed by atoms with Crippen LogP contribution in [0.15, 0.2) is 41.2 Å². The van der Waals surface area contributed by atoms with E-state index in [-0.39, 0.29) is 5.43 Å². The van der Waals surface area contributed by atoms with E-state index < -0.39 is 0 Å². The summed E-state index contributed by atoms with van der Waals surface area (Å²) in [6.07, 6.45) is 0. The van der Waals surface area contributed by atoms with Crippen molar-refractivity contribution in [2.24, 2.45) is 0 Å². The average molecular weight is 255 g/mol. The molecular formula is C15H13NO3. The van der Waals surface area contributed by atoms with Gasteiger partial charge in [0.15, 0.2) is 16.9 Å². The van der Waals surface area contributed by atoms with Gasteiger partial charge in [-0.05, 0) is 18.2 Å². The molecule has 0 saturated carbocycles. The Bertz CT molecular complexity index is 821. The first-order chi connectivity index (χ1) is 9.24. The lowest BCUT2D eigenvalue weighted by Gasteiger charge is -2.09. The minimum absolute atomic E-state index is 0.00898. The highest BCUT2D eigenvalue weighted by molar-refractivity contribution is 5.93. The maximum Gasteiger partial charge on any atom is 0.197 e. The molecule has 0 fully saturated rings. The average Bonchev–Trinajstić information content (AvgIpc) is 2.46. The molecule has 0 aliphatic rings. The molecule has 3 rings (SSSR count). The summed E-state index contributed by atoms with van der Waals surface area (Å²) in [7, 11) is 3.13. The molecule has 4 heteroatoms. The fourth-order valence-corrected chi connectivity index (χ4v) is 2.25. The Morgan fingerprint density at radius 1 is 0.895 bits per heavy atom. The normalized spacial score (nSPS) is 10.8. The molecule has 0 bridgehead atoms. The van der Waals surface area contributed by atoms with Crippen LogP contribution >= 0.6 is 0 Å². The van der Waals surface area contributed by atoms with Crippen LogP contribution in [0.4, 0.5) is 0 Å². The second-order valence-electron chi connectivity index (χ2n) is 4.25. The third-order valence-electron chi connectivity index (χ3n) is 3.21. The fraction of sp³-hybridized carbons (Fsp3) is 0.133. The maximum atomic E-state index is 12.4. The molecule has 96 valence electrons. The van der Waals surface area contributed by atoms with Gasteiger partial charge in [-0.2, -0.15) is 0 Å². The van der Waals surface area contributed by atoms with Crippen LogP contribution < -0.4 is 14.9 Å². The largest absolute Gasteiger partial charge is 0.493 e. The van der Waals surface area contributed by atoms with E-state index in [9.17, 15) is 4.79 Å². The van der Waals surface area contributed by atoms with Crippen molar-refractivity contribution in [2.45, 2.75) is 0 Å². The highest BCUT2D eigenvalue weighted by Crippen LogP contribution is 2.30. The Kier molecular flexibility index (Phi) is 2.63. The van der Waals surface area contributed by atoms with E-state index in [1.54, 1.807) is 26.4 Å². The number of aromatic amines is 1. The van der Waals surface area contributed by atoms with Crippen LogP contribution in [0, 0.1) is 0 Å². The highest BCUT2D eigenvalue weighted by atomic mass is 16.5. The monoisotopic (exact) mass is 255 g/mol. The van der Waals surface area contributed by atoms with Crippen LogP contribution in [0.5, 0.6) is 11.5 Å². The quantitative estimate of drug-likeness (QED) is 0.716. The minimum Gasteiger partial charge on any atom is -0.493 e. The number of aromatic nitrogens is 1. The molecule has 1 aromatic heterocycles. The highest BCUT2D eigenvalue weighted by Gasteiger charge is 2.10. The number of rotatable bonds is 2. The van der Waals surface area contributed by atoms with Crippen LogP contribution in [0.25, 0.3) is 21.8 Å². The van der Waals surface area contributed by atoms with Gasteiger partial charge in [0, 0.05) is 17.0 Å². The van der Waals surface area contributed by atoms with Gasteiger partial charge in [0.05, 0.1) is 25.1 Å². The summed E-state index contributed by atoms with van der Waals surface area (Å²) in [6, 6.07) is 10.9. The van der Waals surface area contributed by atoms with Crippen LogP contribution in [0.2, 0.25) is 0 Å². The van der Waals surface area contributed by atoms with Crippen molar-refractivity contribution in [1.29, 1.82) is 0 Å². The van der Waals surface area contributed by atoms with Crippen molar-refractivity contribution >= 4 is 21.8 Å². The van der Waals surface area contributed by atoms with Crippen LogP contribution in [-0.2, 0) is 0 Å². The fourth-order valence-electron chi connectivity index (χ4n) is 2.25. The molecule has 0 spiro atoms. The Morgan fingerprint density at radius 3 is 2.32 bits per heavy atom. The molecule has 0 aliphatic carbocycles. The molecule has 19 heavy (non-hydrogen) atoms. The standard InChI is InChI=1S/C15H13NO3/c1-18-13-7-10-12(8-14(13)19-2)16-11-6-4-3-5-9(11)15(10)17/h3-8H,1-2H3,(H,16,17). The number of hydrogen-bond donors (Lipinski definition) is 1. The summed E-state index contributed by atoms with van der Waals surface area (Å²) >= 11 is 0. The lowest BCUT2D eigenvalue weighted by molar-refractivity contribution is 0.356. The smallest absolute Gasteiger partial charge is 0.197 e. The van der Waals surface area contributed by atoms with Gasteiger partial charge in [0.2, 0.25) is 0 Å². The molecule has 4 nitrogen and oxygen atoms in total. The summed E-state index contributed by atoms with van der Waals surface area (Å²) in [5.74, 6) is 1.15. The lowest BCUT2D eigenvalue weighted by atomic mass is 10.1. The van der Waals surface area contributed by atoms with Crippen molar-refractivity contribution in [1.82, 2.24) is 4.98 Å².